The van der Waals surface area contributed by atoms with Gasteiger partial charge < -0.3 is 9.15 Å². The van der Waals surface area contributed by atoms with E-state index in [4.69, 9.17) is 25.5 Å². The number of aromatic hydroxyl groups is 1. The van der Waals surface area contributed by atoms with Gasteiger partial charge in [0.15, 0.2) is 11.4 Å². The second kappa shape index (κ2) is 10.7. The van der Waals surface area contributed by atoms with Crippen LogP contribution in [-0.4, -0.2) is 16.4 Å². The molecule has 0 spiro atoms. The average Bonchev–Trinajstić information content (AvgIpc) is 3.01. The predicted molar refractivity (Wildman–Crippen MR) is 111 cm³/mol. The summed E-state index contributed by atoms with van der Waals surface area (Å²) in [5, 5.41) is 9.88. The standard InChI is InChI=1S/C20H16F3NO2.3ClH.Zr/c1-24(17-9-5-6-10-18(17)25)13-14-11-12-19(26(14)2)15-7-3-4-8-16(15)20(21,22)23;;;;/h3-13,25H,1-2H2;3*1H;/q;;;;+3/p-3. The first-order chi connectivity index (χ1) is 14.0. The van der Waals surface area contributed by atoms with Crippen LogP contribution in [0.2, 0.25) is 0 Å². The molecule has 0 unspecified atom stereocenters. The summed E-state index contributed by atoms with van der Waals surface area (Å²) < 4.78 is 43.5. The number of furan rings is 1. The molecule has 0 radical (unpaired) electrons. The van der Waals surface area contributed by atoms with Gasteiger partial charge in [-0.1, -0.05) is 48.5 Å². The van der Waals surface area contributed by atoms with Gasteiger partial charge in [-0.05, 0) is 12.1 Å². The van der Waals surface area contributed by atoms with Gasteiger partial charge in [-0.2, -0.15) is 13.2 Å². The van der Waals surface area contributed by atoms with Crippen molar-refractivity contribution in [1.29, 1.82) is 0 Å². The van der Waals surface area contributed by atoms with Crippen LogP contribution < -0.4 is 0 Å². The van der Waals surface area contributed by atoms with Gasteiger partial charge in [0.05, 0.1) is 19.4 Å². The van der Waals surface area contributed by atoms with E-state index in [1.165, 1.54) is 34.9 Å². The van der Waals surface area contributed by atoms with E-state index in [2.05, 4.69) is 17.9 Å². The van der Waals surface area contributed by atoms with Crippen molar-refractivity contribution in [3.8, 4) is 17.1 Å². The third-order valence-electron chi connectivity index (χ3n) is 3.92. The summed E-state index contributed by atoms with van der Waals surface area (Å²) in [7, 11) is 18.8. The van der Waals surface area contributed by atoms with Crippen molar-refractivity contribution in [2.75, 3.05) is 0 Å². The number of phenols is 1. The number of rotatable bonds is 4. The van der Waals surface area contributed by atoms with Gasteiger partial charge in [0.2, 0.25) is 0 Å². The minimum absolute atomic E-state index is 0.0119. The first-order valence-electron chi connectivity index (χ1n) is 8.21. The predicted octanol–water partition coefficient (Wildman–Crippen LogP) is 7.62. The Balaban J connectivity index is 0.000000735. The average molecular weight is 557 g/mol. The molecule has 1 aromatic heterocycles. The third-order valence-corrected chi connectivity index (χ3v) is 3.92. The molecule has 0 aliphatic carbocycles. The van der Waals surface area contributed by atoms with Gasteiger partial charge >= 0.3 is 49.9 Å². The Morgan fingerprint density at radius 2 is 1.57 bits per heavy atom. The number of phenolic OH excluding ortho intramolecular Hbond substituents is 1. The van der Waals surface area contributed by atoms with E-state index in [1.807, 2.05) is 0 Å². The molecule has 3 aromatic rings. The minimum atomic E-state index is -4.47. The molecule has 0 saturated carbocycles. The van der Waals surface area contributed by atoms with E-state index in [1.54, 1.807) is 30.8 Å². The van der Waals surface area contributed by atoms with Crippen molar-refractivity contribution in [3.63, 3.8) is 0 Å². The first kappa shape index (κ1) is 24.7. The second-order valence-corrected chi connectivity index (χ2v) is 17.0. The van der Waals surface area contributed by atoms with Crippen LogP contribution in [0.5, 0.6) is 5.75 Å². The van der Waals surface area contributed by atoms with Crippen LogP contribution in [0.4, 0.5) is 18.9 Å². The fourth-order valence-corrected chi connectivity index (χ4v) is 2.65. The van der Waals surface area contributed by atoms with Crippen LogP contribution in [0.25, 0.3) is 11.3 Å². The van der Waals surface area contributed by atoms with Gasteiger partial charge in [-0.15, -0.1) is 0 Å². The van der Waals surface area contributed by atoms with Gasteiger partial charge in [0.25, 0.3) is 0 Å². The normalized spacial score (nSPS) is 10.7. The van der Waals surface area contributed by atoms with Crippen molar-refractivity contribution in [3.05, 3.63) is 85.6 Å². The molecule has 10 heteroatoms. The fraction of sp³-hybridized carbons (Fsp3) is 0.0500. The fourth-order valence-electron chi connectivity index (χ4n) is 2.65. The van der Waals surface area contributed by atoms with Crippen molar-refractivity contribution >= 4 is 37.9 Å². The summed E-state index contributed by atoms with van der Waals surface area (Å²) in [5.41, 5.74) is -0.279. The number of alkyl halides is 3. The maximum absolute atomic E-state index is 13.3. The molecule has 3 nitrogen and oxygen atoms in total. The van der Waals surface area contributed by atoms with Crippen molar-refractivity contribution in [1.82, 2.24) is 0 Å². The Bertz CT molecular complexity index is 1020. The Morgan fingerprint density at radius 3 is 2.17 bits per heavy atom. The molecule has 30 heavy (non-hydrogen) atoms. The zero-order valence-electron chi connectivity index (χ0n) is 15.3. The monoisotopic (exact) mass is 554 g/mol. The summed E-state index contributed by atoms with van der Waals surface area (Å²) in [6.07, 6.45) is -4.47. The quantitative estimate of drug-likeness (QED) is 0.152. The molecule has 0 amide bonds. The number of hydrogen-bond donors (Lipinski definition) is 1. The first-order valence-corrected chi connectivity index (χ1v) is 17.7. The SMILES string of the molecule is C=[N+]([CH-]c1ccc(-c2ccccc2C(F)(F)F)[o+]1[CH2-])c1ccccc1O.[Cl][Zr]([Cl])[Cl]. The van der Waals surface area contributed by atoms with Crippen molar-refractivity contribution < 1.29 is 45.1 Å². The van der Waals surface area contributed by atoms with Crippen LogP contribution in [-0.2, 0) is 24.3 Å². The van der Waals surface area contributed by atoms with E-state index >= 15 is 0 Å². The molecule has 0 bridgehead atoms. The number of nitrogens with zero attached hydrogens (tertiary/aromatic N) is 1. The van der Waals surface area contributed by atoms with E-state index in [9.17, 15) is 18.3 Å². The second-order valence-electron chi connectivity index (χ2n) is 5.84. The molecule has 1 N–H and O–H groups in total. The Hall–Kier alpha value is -1.53. The zero-order chi connectivity index (χ0) is 22.5. The summed E-state index contributed by atoms with van der Waals surface area (Å²) >= 11 is -2.13. The Kier molecular flexibility index (Phi) is 8.80. The van der Waals surface area contributed by atoms with Gasteiger partial charge in [-0.3, -0.25) is 4.58 Å². The number of para-hydroxylation sites is 2. The van der Waals surface area contributed by atoms with Crippen LogP contribution in [0.1, 0.15) is 11.3 Å². The molecule has 2 aromatic carbocycles. The molecule has 159 valence electrons. The van der Waals surface area contributed by atoms with Crippen LogP contribution in [0.15, 0.2) is 64.7 Å². The summed E-state index contributed by atoms with van der Waals surface area (Å²) in [4.78, 5) is 0. The van der Waals surface area contributed by atoms with E-state index < -0.39 is 29.9 Å². The summed E-state index contributed by atoms with van der Waals surface area (Å²) in [5.74, 6) is 0.735. The van der Waals surface area contributed by atoms with E-state index in [0.717, 1.165) is 6.07 Å². The van der Waals surface area contributed by atoms with E-state index in [0.29, 0.717) is 11.4 Å². The molecule has 0 atom stereocenters. The van der Waals surface area contributed by atoms with Crippen molar-refractivity contribution in [2.24, 2.45) is 0 Å². The molecular formula is C20H16Cl3F3NO2Zr. The van der Waals surface area contributed by atoms with Gasteiger partial charge in [0, 0.05) is 5.56 Å². The molecule has 0 fully saturated rings. The number of hydrogen-bond acceptors (Lipinski definition) is 1. The topological polar surface area (TPSA) is 25.9 Å². The van der Waals surface area contributed by atoms with Gasteiger partial charge in [0.1, 0.15) is 18.1 Å². The number of benzene rings is 2. The Morgan fingerprint density at radius 1 is 1.00 bits per heavy atom. The molecule has 0 aliphatic rings. The maximum atomic E-state index is 13.3. The summed E-state index contributed by atoms with van der Waals surface area (Å²) in [6, 6.07) is 15.0. The number of halogens is 6. The van der Waals surface area contributed by atoms with Crippen molar-refractivity contribution in [2.45, 2.75) is 6.18 Å². The molecule has 0 saturated heterocycles. The van der Waals surface area contributed by atoms with Crippen LogP contribution >= 0.6 is 25.5 Å². The van der Waals surface area contributed by atoms with E-state index in [-0.39, 0.29) is 17.1 Å². The summed E-state index contributed by atoms with van der Waals surface area (Å²) in [6.45, 7) is 5.38. The molecular weight excluding hydrogens is 541 g/mol. The molecule has 0 aliphatic heterocycles. The third kappa shape index (κ3) is 6.48. The van der Waals surface area contributed by atoms with Crippen LogP contribution in [0.3, 0.4) is 0 Å². The zero-order valence-corrected chi connectivity index (χ0v) is 20.1. The van der Waals surface area contributed by atoms with Gasteiger partial charge in [-0.25, -0.2) is 0 Å². The van der Waals surface area contributed by atoms with Crippen LogP contribution in [0, 0.1) is 13.7 Å². The molecule has 3 rings (SSSR count). The Labute approximate surface area is 191 Å². The molecule has 1 heterocycles.